The van der Waals surface area contributed by atoms with E-state index in [0.717, 1.165) is 12.8 Å². The maximum absolute atomic E-state index is 12.7. The molecule has 0 atom stereocenters. The van der Waals surface area contributed by atoms with Crippen LogP contribution in [0.2, 0.25) is 0 Å². The number of ether oxygens (including phenoxy) is 3. The molecule has 1 fully saturated rings. The number of sulfone groups is 1. The van der Waals surface area contributed by atoms with Gasteiger partial charge in [0.25, 0.3) is 0 Å². The Balaban J connectivity index is 1.62. The zero-order chi connectivity index (χ0) is 20.4. The highest BCUT2D eigenvalue weighted by Gasteiger charge is 2.45. The standard InChI is InChI=1S/C17H23F2N3O5S/c1-20-16(22-8-17(3-4-17)9-28(2,23)24)21-7-11-5-13-14(26-10-25-13)6-12(11)27-15(18)19/h5-6,15H,3-4,7-10H2,1-2H3,(H2,20,21,22). The van der Waals surface area contributed by atoms with E-state index < -0.39 is 16.4 Å². The molecule has 28 heavy (non-hydrogen) atoms. The number of hydrogen-bond acceptors (Lipinski definition) is 6. The molecule has 11 heteroatoms. The number of guanidine groups is 1. The molecule has 0 amide bonds. The van der Waals surface area contributed by atoms with Gasteiger partial charge in [-0.2, -0.15) is 8.78 Å². The highest BCUT2D eigenvalue weighted by Crippen LogP contribution is 2.46. The van der Waals surface area contributed by atoms with E-state index >= 15 is 0 Å². The van der Waals surface area contributed by atoms with Crippen LogP contribution in [-0.2, 0) is 16.4 Å². The molecule has 2 N–H and O–H groups in total. The van der Waals surface area contributed by atoms with E-state index in [0.29, 0.717) is 29.6 Å². The fraction of sp³-hybridized carbons (Fsp3) is 0.588. The van der Waals surface area contributed by atoms with Crippen LogP contribution in [0.25, 0.3) is 0 Å². The third-order valence-corrected chi connectivity index (χ3v) is 5.73. The normalized spacial score (nSPS) is 17.5. The van der Waals surface area contributed by atoms with E-state index in [1.54, 1.807) is 13.1 Å². The van der Waals surface area contributed by atoms with E-state index in [-0.39, 0.29) is 30.3 Å². The molecule has 0 unspecified atom stereocenters. The number of nitrogens with zero attached hydrogens (tertiary/aromatic N) is 1. The minimum absolute atomic E-state index is 0.0158. The van der Waals surface area contributed by atoms with Gasteiger partial charge in [-0.3, -0.25) is 4.99 Å². The summed E-state index contributed by atoms with van der Waals surface area (Å²) in [6.45, 7) is -2.34. The molecule has 0 spiro atoms. The zero-order valence-corrected chi connectivity index (χ0v) is 16.4. The number of benzene rings is 1. The Morgan fingerprint density at radius 1 is 1.29 bits per heavy atom. The fourth-order valence-electron chi connectivity index (χ4n) is 3.09. The van der Waals surface area contributed by atoms with Gasteiger partial charge in [0.2, 0.25) is 6.79 Å². The van der Waals surface area contributed by atoms with Gasteiger partial charge in [0.15, 0.2) is 17.5 Å². The highest BCUT2D eigenvalue weighted by molar-refractivity contribution is 7.90. The van der Waals surface area contributed by atoms with Crippen molar-refractivity contribution in [2.75, 3.05) is 32.4 Å². The third-order valence-electron chi connectivity index (χ3n) is 4.60. The number of rotatable bonds is 8. The molecule has 0 aromatic heterocycles. The Morgan fingerprint density at radius 2 is 1.96 bits per heavy atom. The molecule has 1 aromatic rings. The van der Waals surface area contributed by atoms with E-state index in [1.807, 2.05) is 0 Å². The van der Waals surface area contributed by atoms with Crippen LogP contribution in [0.3, 0.4) is 0 Å². The van der Waals surface area contributed by atoms with Crippen LogP contribution in [-0.4, -0.2) is 53.4 Å². The SMILES string of the molecule is CN=C(NCc1cc2c(cc1OC(F)F)OCO2)NCC1(CS(C)(=O)=O)CC1. The molecule has 0 bridgehead atoms. The first-order valence-electron chi connectivity index (χ1n) is 8.69. The lowest BCUT2D eigenvalue weighted by molar-refractivity contribution is -0.0505. The highest BCUT2D eigenvalue weighted by atomic mass is 32.2. The third kappa shape index (κ3) is 5.37. The molecule has 0 saturated heterocycles. The lowest BCUT2D eigenvalue weighted by Gasteiger charge is -2.18. The molecule has 1 aliphatic carbocycles. The molecular formula is C17H23F2N3O5S. The monoisotopic (exact) mass is 419 g/mol. The average Bonchev–Trinajstić information content (AvgIpc) is 3.18. The van der Waals surface area contributed by atoms with Crippen LogP contribution in [0.4, 0.5) is 8.78 Å². The average molecular weight is 419 g/mol. The number of aliphatic imine (C=N–C) groups is 1. The number of fused-ring (bicyclic) bond motifs is 1. The van der Waals surface area contributed by atoms with Gasteiger partial charge in [-0.05, 0) is 18.9 Å². The molecule has 3 rings (SSSR count). The van der Waals surface area contributed by atoms with Crippen LogP contribution < -0.4 is 24.8 Å². The topological polar surface area (TPSA) is 98.2 Å². The molecule has 1 saturated carbocycles. The summed E-state index contributed by atoms with van der Waals surface area (Å²) in [7, 11) is -1.49. The first-order valence-corrected chi connectivity index (χ1v) is 10.8. The molecule has 0 radical (unpaired) electrons. The van der Waals surface area contributed by atoms with Crippen molar-refractivity contribution in [3.8, 4) is 17.2 Å². The molecule has 2 aliphatic rings. The Kier molecular flexibility index (Phi) is 5.82. The van der Waals surface area contributed by atoms with Gasteiger partial charge in [0, 0.05) is 43.4 Å². The number of hydrogen-bond donors (Lipinski definition) is 2. The summed E-state index contributed by atoms with van der Waals surface area (Å²) in [5.41, 5.74) is 0.179. The fourth-order valence-corrected chi connectivity index (χ4v) is 4.59. The maximum atomic E-state index is 12.7. The predicted octanol–water partition coefficient (Wildman–Crippen LogP) is 1.51. The zero-order valence-electron chi connectivity index (χ0n) is 15.6. The van der Waals surface area contributed by atoms with Crippen molar-refractivity contribution in [3.63, 3.8) is 0 Å². The first-order chi connectivity index (χ1) is 13.2. The Hall–Kier alpha value is -2.30. The van der Waals surface area contributed by atoms with E-state index in [1.165, 1.54) is 12.3 Å². The second-order valence-electron chi connectivity index (χ2n) is 7.04. The van der Waals surface area contributed by atoms with E-state index in [4.69, 9.17) is 9.47 Å². The van der Waals surface area contributed by atoms with E-state index in [9.17, 15) is 17.2 Å². The molecule has 156 valence electrons. The number of halogens is 2. The van der Waals surface area contributed by atoms with Crippen molar-refractivity contribution < 1.29 is 31.4 Å². The van der Waals surface area contributed by atoms with Gasteiger partial charge < -0.3 is 24.8 Å². The van der Waals surface area contributed by atoms with Crippen molar-refractivity contribution in [1.29, 1.82) is 0 Å². The molecule has 1 heterocycles. The van der Waals surface area contributed by atoms with Crippen LogP contribution in [0.5, 0.6) is 17.2 Å². The van der Waals surface area contributed by atoms with Crippen LogP contribution in [0.1, 0.15) is 18.4 Å². The summed E-state index contributed by atoms with van der Waals surface area (Å²) in [6.07, 6.45) is 2.89. The Labute approximate surface area is 162 Å². The van der Waals surface area contributed by atoms with Gasteiger partial charge in [-0.1, -0.05) is 0 Å². The van der Waals surface area contributed by atoms with Crippen LogP contribution in [0, 0.1) is 5.41 Å². The van der Waals surface area contributed by atoms with Crippen molar-refractivity contribution in [2.45, 2.75) is 26.0 Å². The van der Waals surface area contributed by atoms with Crippen LogP contribution >= 0.6 is 0 Å². The summed E-state index contributed by atoms with van der Waals surface area (Å²) in [4.78, 5) is 4.09. The number of nitrogens with one attached hydrogen (secondary N) is 2. The van der Waals surface area contributed by atoms with Crippen molar-refractivity contribution in [2.24, 2.45) is 10.4 Å². The van der Waals surface area contributed by atoms with Crippen molar-refractivity contribution in [1.82, 2.24) is 10.6 Å². The summed E-state index contributed by atoms with van der Waals surface area (Å²) in [6, 6.07) is 2.94. The maximum Gasteiger partial charge on any atom is 0.387 e. The van der Waals surface area contributed by atoms with Gasteiger partial charge in [-0.15, -0.1) is 0 Å². The number of alkyl halides is 2. The van der Waals surface area contributed by atoms with Crippen LogP contribution in [0.15, 0.2) is 17.1 Å². The minimum atomic E-state index is -3.07. The van der Waals surface area contributed by atoms with Crippen molar-refractivity contribution in [3.05, 3.63) is 17.7 Å². The quantitative estimate of drug-likeness (QED) is 0.487. The summed E-state index contributed by atoms with van der Waals surface area (Å²) in [5, 5.41) is 6.13. The molecule has 1 aliphatic heterocycles. The largest absolute Gasteiger partial charge is 0.454 e. The van der Waals surface area contributed by atoms with Gasteiger partial charge in [-0.25, -0.2) is 8.42 Å². The second kappa shape index (κ2) is 7.98. The Morgan fingerprint density at radius 3 is 2.54 bits per heavy atom. The summed E-state index contributed by atoms with van der Waals surface area (Å²) < 4.78 is 63.6. The van der Waals surface area contributed by atoms with Gasteiger partial charge >= 0.3 is 6.61 Å². The van der Waals surface area contributed by atoms with Crippen molar-refractivity contribution >= 4 is 15.8 Å². The van der Waals surface area contributed by atoms with E-state index in [2.05, 4.69) is 20.4 Å². The predicted molar refractivity (Wildman–Crippen MR) is 98.8 cm³/mol. The molecular weight excluding hydrogens is 396 g/mol. The van der Waals surface area contributed by atoms with Gasteiger partial charge in [0.05, 0.1) is 5.75 Å². The second-order valence-corrected chi connectivity index (χ2v) is 9.18. The lowest BCUT2D eigenvalue weighted by atomic mass is 10.1. The molecule has 8 nitrogen and oxygen atoms in total. The smallest absolute Gasteiger partial charge is 0.387 e. The molecule has 1 aromatic carbocycles. The lowest BCUT2D eigenvalue weighted by Crippen LogP contribution is -2.41. The van der Waals surface area contributed by atoms with Gasteiger partial charge in [0.1, 0.15) is 15.6 Å². The summed E-state index contributed by atoms with van der Waals surface area (Å²) in [5.74, 6) is 1.33. The minimum Gasteiger partial charge on any atom is -0.454 e. The first kappa shape index (κ1) is 20.4. The Bertz CT molecular complexity index is 857. The summed E-state index contributed by atoms with van der Waals surface area (Å²) >= 11 is 0.